The maximum Gasteiger partial charge on any atom is 0.256 e. The number of Topliss-reactive ketones (excluding diaryl/α,β-unsaturated/α-hetero) is 1. The van der Waals surface area contributed by atoms with Crippen molar-refractivity contribution in [1.29, 1.82) is 0 Å². The molecule has 1 amide bonds. The summed E-state index contributed by atoms with van der Waals surface area (Å²) in [7, 11) is 1.58. The second kappa shape index (κ2) is 5.22. The maximum absolute atomic E-state index is 12.2. The fraction of sp³-hybridized carbons (Fsp3) is 0.357. The van der Waals surface area contributed by atoms with Crippen molar-refractivity contribution in [1.82, 2.24) is 0 Å². The van der Waals surface area contributed by atoms with Crippen molar-refractivity contribution in [3.05, 3.63) is 24.3 Å². The van der Waals surface area contributed by atoms with Gasteiger partial charge in [-0.25, -0.2) is 5.01 Å². The van der Waals surface area contributed by atoms with E-state index in [9.17, 15) is 9.59 Å². The number of ketones is 1. The van der Waals surface area contributed by atoms with E-state index >= 15 is 0 Å². The van der Waals surface area contributed by atoms with Gasteiger partial charge >= 0.3 is 0 Å². The summed E-state index contributed by atoms with van der Waals surface area (Å²) in [6.07, 6.45) is 0.209. The molecule has 5 heteroatoms. The van der Waals surface area contributed by atoms with Crippen LogP contribution < -0.4 is 9.75 Å². The number of hydrogen-bond acceptors (Lipinski definition) is 4. The lowest BCUT2D eigenvalue weighted by molar-refractivity contribution is -0.124. The Morgan fingerprint density at radius 2 is 2.00 bits per heavy atom. The van der Waals surface area contributed by atoms with Crippen molar-refractivity contribution in [3.63, 3.8) is 0 Å². The monoisotopic (exact) mass is 260 g/mol. The summed E-state index contributed by atoms with van der Waals surface area (Å²) in [4.78, 5) is 23.4. The Morgan fingerprint density at radius 3 is 2.53 bits per heavy atom. The molecule has 5 nitrogen and oxygen atoms in total. The molecule has 1 aromatic carbocycles. The molecule has 19 heavy (non-hydrogen) atoms. The number of rotatable bonds is 4. The molecule has 2 rings (SSSR count). The average Bonchev–Trinajstić information content (AvgIpc) is 2.66. The summed E-state index contributed by atoms with van der Waals surface area (Å²) >= 11 is 0. The van der Waals surface area contributed by atoms with Crippen LogP contribution in [0.1, 0.15) is 20.3 Å². The van der Waals surface area contributed by atoms with E-state index in [2.05, 4.69) is 5.10 Å². The number of hydrogen-bond donors (Lipinski definition) is 0. The zero-order chi connectivity index (χ0) is 14.0. The van der Waals surface area contributed by atoms with Crippen molar-refractivity contribution in [2.75, 3.05) is 12.1 Å². The highest BCUT2D eigenvalue weighted by atomic mass is 16.5. The Kier molecular flexibility index (Phi) is 3.64. The second-order valence-electron chi connectivity index (χ2n) is 4.55. The molecule has 0 spiro atoms. The number of carbonyl (C=O) groups excluding carboxylic acids is 2. The fourth-order valence-corrected chi connectivity index (χ4v) is 2.03. The highest BCUT2D eigenvalue weighted by Gasteiger charge is 2.34. The van der Waals surface area contributed by atoms with E-state index in [4.69, 9.17) is 4.74 Å². The predicted molar refractivity (Wildman–Crippen MR) is 72.4 cm³/mol. The van der Waals surface area contributed by atoms with Crippen LogP contribution >= 0.6 is 0 Å². The Labute approximate surface area is 111 Å². The SMILES string of the molecule is COc1ccc(N2N=C(C)C(CC(C)=O)C2=O)cc1. The normalized spacial score (nSPS) is 18.5. The van der Waals surface area contributed by atoms with Gasteiger partial charge in [0.2, 0.25) is 0 Å². The topological polar surface area (TPSA) is 59.0 Å². The van der Waals surface area contributed by atoms with Gasteiger partial charge in [-0.1, -0.05) is 0 Å². The highest BCUT2D eigenvalue weighted by molar-refractivity contribution is 6.16. The first-order valence-corrected chi connectivity index (χ1v) is 6.05. The van der Waals surface area contributed by atoms with E-state index in [-0.39, 0.29) is 18.1 Å². The zero-order valence-electron chi connectivity index (χ0n) is 11.2. The highest BCUT2D eigenvalue weighted by Crippen LogP contribution is 2.27. The first kappa shape index (κ1) is 13.3. The molecule has 1 heterocycles. The Bertz CT molecular complexity index is 534. The standard InChI is InChI=1S/C14H16N2O3/c1-9(17)8-13-10(2)15-16(14(13)18)11-4-6-12(19-3)7-5-11/h4-7,13H,8H2,1-3H3. The van der Waals surface area contributed by atoms with Crippen molar-refractivity contribution < 1.29 is 14.3 Å². The minimum atomic E-state index is -0.431. The molecule has 1 aliphatic heterocycles. The number of amides is 1. The van der Waals surface area contributed by atoms with Gasteiger partial charge in [-0.2, -0.15) is 5.10 Å². The van der Waals surface area contributed by atoms with E-state index in [1.807, 2.05) is 0 Å². The summed E-state index contributed by atoms with van der Waals surface area (Å²) in [5, 5.41) is 5.59. The molecule has 0 aliphatic carbocycles. The Morgan fingerprint density at radius 1 is 1.37 bits per heavy atom. The van der Waals surface area contributed by atoms with Gasteiger partial charge in [-0.15, -0.1) is 0 Å². The fourth-order valence-electron chi connectivity index (χ4n) is 2.03. The van der Waals surface area contributed by atoms with Crippen molar-refractivity contribution in [3.8, 4) is 5.75 Å². The molecular formula is C14H16N2O3. The average molecular weight is 260 g/mol. The number of nitrogens with zero attached hydrogens (tertiary/aromatic N) is 2. The molecule has 1 unspecified atom stereocenters. The van der Waals surface area contributed by atoms with Crippen LogP contribution in [-0.4, -0.2) is 24.5 Å². The van der Waals surface area contributed by atoms with Crippen molar-refractivity contribution in [2.24, 2.45) is 11.0 Å². The zero-order valence-corrected chi connectivity index (χ0v) is 11.2. The summed E-state index contributed by atoms with van der Waals surface area (Å²) < 4.78 is 5.07. The number of anilines is 1. The molecule has 1 aromatic rings. The molecule has 0 saturated carbocycles. The van der Waals surface area contributed by atoms with Crippen LogP contribution in [0.2, 0.25) is 0 Å². The number of ether oxygens (including phenoxy) is 1. The third kappa shape index (κ3) is 2.65. The van der Waals surface area contributed by atoms with Crippen molar-refractivity contribution >= 4 is 23.1 Å². The smallest absolute Gasteiger partial charge is 0.256 e. The third-order valence-electron chi connectivity index (χ3n) is 3.08. The minimum Gasteiger partial charge on any atom is -0.497 e. The third-order valence-corrected chi connectivity index (χ3v) is 3.08. The maximum atomic E-state index is 12.2. The number of benzene rings is 1. The molecule has 0 N–H and O–H groups in total. The van der Waals surface area contributed by atoms with Gasteiger partial charge in [0.15, 0.2) is 0 Å². The van der Waals surface area contributed by atoms with E-state index < -0.39 is 5.92 Å². The lowest BCUT2D eigenvalue weighted by Gasteiger charge is -2.14. The van der Waals surface area contributed by atoms with Gasteiger partial charge in [-0.3, -0.25) is 9.59 Å². The molecule has 1 atom stereocenters. The summed E-state index contributed by atoms with van der Waals surface area (Å²) in [6.45, 7) is 3.26. The molecule has 0 saturated heterocycles. The van der Waals surface area contributed by atoms with Crippen LogP contribution in [0.5, 0.6) is 5.75 Å². The molecule has 1 aliphatic rings. The molecule has 0 bridgehead atoms. The van der Waals surface area contributed by atoms with Crippen LogP contribution in [0, 0.1) is 5.92 Å². The van der Waals surface area contributed by atoms with Gasteiger partial charge in [0.05, 0.1) is 18.7 Å². The van der Waals surface area contributed by atoms with Crippen LogP contribution in [-0.2, 0) is 9.59 Å². The van der Waals surface area contributed by atoms with Crippen LogP contribution in [0.25, 0.3) is 0 Å². The van der Waals surface area contributed by atoms with Gasteiger partial charge in [0.1, 0.15) is 11.5 Å². The molecule has 0 radical (unpaired) electrons. The quantitative estimate of drug-likeness (QED) is 0.832. The van der Waals surface area contributed by atoms with Crippen molar-refractivity contribution in [2.45, 2.75) is 20.3 Å². The number of hydrazone groups is 1. The Hall–Kier alpha value is -2.17. The van der Waals surface area contributed by atoms with Crippen LogP contribution in [0.4, 0.5) is 5.69 Å². The molecule has 100 valence electrons. The molecule has 0 fully saturated rings. The minimum absolute atomic E-state index is 0.00974. The summed E-state index contributed by atoms with van der Waals surface area (Å²) in [6, 6.07) is 7.07. The molecular weight excluding hydrogens is 244 g/mol. The number of carbonyl (C=O) groups is 2. The largest absolute Gasteiger partial charge is 0.497 e. The number of methoxy groups -OCH3 is 1. The van der Waals surface area contributed by atoms with E-state index in [1.54, 1.807) is 38.3 Å². The van der Waals surface area contributed by atoms with Gasteiger partial charge < -0.3 is 4.74 Å². The lowest BCUT2D eigenvalue weighted by Crippen LogP contribution is -2.28. The lowest BCUT2D eigenvalue weighted by atomic mass is 9.98. The first-order valence-electron chi connectivity index (χ1n) is 6.05. The van der Waals surface area contributed by atoms with Gasteiger partial charge in [0.25, 0.3) is 5.91 Å². The van der Waals surface area contributed by atoms with E-state index in [0.29, 0.717) is 11.4 Å². The van der Waals surface area contributed by atoms with Gasteiger partial charge in [0, 0.05) is 12.1 Å². The summed E-state index contributed by atoms with van der Waals surface area (Å²) in [5.74, 6) is 0.123. The first-order chi connectivity index (χ1) is 9.02. The van der Waals surface area contributed by atoms with E-state index in [0.717, 1.165) is 5.75 Å². The molecule has 0 aromatic heterocycles. The van der Waals surface area contributed by atoms with Crippen LogP contribution in [0.15, 0.2) is 29.4 Å². The summed E-state index contributed by atoms with van der Waals surface area (Å²) in [5.41, 5.74) is 1.35. The van der Waals surface area contributed by atoms with E-state index in [1.165, 1.54) is 11.9 Å². The predicted octanol–water partition coefficient (Wildman–Crippen LogP) is 2.01. The van der Waals surface area contributed by atoms with Crippen LogP contribution in [0.3, 0.4) is 0 Å². The second-order valence-corrected chi connectivity index (χ2v) is 4.55. The van der Waals surface area contributed by atoms with Gasteiger partial charge in [-0.05, 0) is 38.1 Å². The Balaban J connectivity index is 2.22.